The van der Waals surface area contributed by atoms with Gasteiger partial charge in [-0.2, -0.15) is 0 Å². The minimum Gasteiger partial charge on any atom is -0.493 e. The molecule has 11 heteroatoms. The second-order valence-corrected chi connectivity index (χ2v) is 10.4. The van der Waals surface area contributed by atoms with Crippen molar-refractivity contribution in [1.82, 2.24) is 14.5 Å². The number of nitrogens with zero attached hydrogens (tertiary/aromatic N) is 3. The summed E-state index contributed by atoms with van der Waals surface area (Å²) in [5, 5.41) is 3.34. The first-order valence-electron chi connectivity index (χ1n) is 13.8. The highest BCUT2D eigenvalue weighted by Gasteiger charge is 2.18. The predicted molar refractivity (Wildman–Crippen MR) is 163 cm³/mol. The van der Waals surface area contributed by atoms with Gasteiger partial charge in [-0.05, 0) is 54.3 Å². The second kappa shape index (κ2) is 12.9. The third kappa shape index (κ3) is 6.51. The molecule has 5 aromatic rings. The summed E-state index contributed by atoms with van der Waals surface area (Å²) in [5.74, 6) is -0.321. The van der Waals surface area contributed by atoms with E-state index in [0.717, 1.165) is 18.6 Å². The molecule has 0 saturated carbocycles. The Kier molecular flexibility index (Phi) is 8.84. The Morgan fingerprint density at radius 1 is 0.932 bits per heavy atom. The smallest absolute Gasteiger partial charge is 0.262 e. The quantitative estimate of drug-likeness (QED) is 0.187. The largest absolute Gasteiger partial charge is 0.493 e. The molecule has 0 spiro atoms. The number of ether oxygens (including phenoxy) is 3. The van der Waals surface area contributed by atoms with Crippen LogP contribution in [0.15, 0.2) is 78.1 Å². The highest BCUT2D eigenvalue weighted by molar-refractivity contribution is 6.04. The number of aryl methyl sites for hydroxylation is 1. The lowest BCUT2D eigenvalue weighted by molar-refractivity contribution is 0.102. The van der Waals surface area contributed by atoms with Crippen molar-refractivity contribution in [1.29, 1.82) is 0 Å². The van der Waals surface area contributed by atoms with Gasteiger partial charge in [-0.15, -0.1) is 0 Å². The van der Waals surface area contributed by atoms with Gasteiger partial charge in [0.25, 0.3) is 5.91 Å². The fourth-order valence-corrected chi connectivity index (χ4v) is 4.56. The van der Waals surface area contributed by atoms with Gasteiger partial charge in [0.2, 0.25) is 5.43 Å². The molecular formula is C33H30F2N4O5. The molecule has 5 rings (SSSR count). The maximum atomic E-state index is 14.0. The molecule has 0 atom stereocenters. The number of methoxy groups -OCH3 is 2. The minimum atomic E-state index is -1.09. The number of nitrogens with one attached hydrogen (secondary N) is 1. The molecule has 2 aromatic carbocycles. The van der Waals surface area contributed by atoms with Crippen LogP contribution in [0, 0.1) is 17.6 Å². The summed E-state index contributed by atoms with van der Waals surface area (Å²) in [5.41, 5.74) is 0.107. The molecule has 226 valence electrons. The highest BCUT2D eigenvalue weighted by atomic mass is 19.2. The van der Waals surface area contributed by atoms with Gasteiger partial charge in [-0.25, -0.2) is 13.8 Å². The molecule has 9 nitrogen and oxygen atoms in total. The maximum Gasteiger partial charge on any atom is 0.262 e. The Morgan fingerprint density at radius 2 is 1.70 bits per heavy atom. The number of benzene rings is 2. The van der Waals surface area contributed by atoms with Gasteiger partial charge in [0.1, 0.15) is 22.9 Å². The number of aromatic nitrogens is 3. The number of pyridine rings is 3. The number of fused-ring (bicyclic) bond motifs is 1. The molecule has 0 radical (unpaired) electrons. The first-order valence-corrected chi connectivity index (χ1v) is 13.8. The van der Waals surface area contributed by atoms with E-state index in [-0.39, 0.29) is 22.5 Å². The Hall–Kier alpha value is -5.32. The number of amides is 1. The van der Waals surface area contributed by atoms with Gasteiger partial charge < -0.3 is 24.1 Å². The molecule has 0 unspecified atom stereocenters. The Bertz CT molecular complexity index is 1890. The van der Waals surface area contributed by atoms with Crippen LogP contribution in [0.4, 0.5) is 14.6 Å². The van der Waals surface area contributed by atoms with Crippen molar-refractivity contribution in [3.63, 3.8) is 0 Å². The minimum absolute atomic E-state index is 0.0795. The first-order chi connectivity index (χ1) is 21.2. The Labute approximate surface area is 252 Å². The summed E-state index contributed by atoms with van der Waals surface area (Å²) < 4.78 is 46.1. The van der Waals surface area contributed by atoms with Crippen LogP contribution in [0.5, 0.6) is 23.0 Å². The van der Waals surface area contributed by atoms with E-state index >= 15 is 0 Å². The molecule has 3 heterocycles. The molecule has 0 fully saturated rings. The van der Waals surface area contributed by atoms with Crippen molar-refractivity contribution in [3.8, 4) is 34.1 Å². The van der Waals surface area contributed by atoms with Crippen LogP contribution in [-0.2, 0) is 6.54 Å². The fourth-order valence-electron chi connectivity index (χ4n) is 4.56. The van der Waals surface area contributed by atoms with Crippen molar-refractivity contribution in [2.45, 2.75) is 26.8 Å². The zero-order valence-electron chi connectivity index (χ0n) is 24.6. The molecule has 1 N–H and O–H groups in total. The van der Waals surface area contributed by atoms with Crippen molar-refractivity contribution in [2.24, 2.45) is 5.92 Å². The van der Waals surface area contributed by atoms with Crippen LogP contribution in [0.1, 0.15) is 30.6 Å². The van der Waals surface area contributed by atoms with Gasteiger partial charge in [0.05, 0.1) is 25.9 Å². The van der Waals surface area contributed by atoms with Crippen molar-refractivity contribution >= 4 is 22.6 Å². The van der Waals surface area contributed by atoms with E-state index in [2.05, 4.69) is 29.1 Å². The molecular weight excluding hydrogens is 570 g/mol. The SMILES string of the molecule is COc1cc2nccc(Oc3ccc(NC(=O)c4cn(CCC(C)C)cc(-c5ccc(F)c(F)c5)c4=O)nc3)c2cc1OC. The lowest BCUT2D eigenvalue weighted by Gasteiger charge is -2.14. The number of hydrogen-bond acceptors (Lipinski definition) is 7. The van der Waals surface area contributed by atoms with Crippen LogP contribution in [0.3, 0.4) is 0 Å². The number of carbonyl (C=O) groups is 1. The van der Waals surface area contributed by atoms with Gasteiger partial charge in [0.15, 0.2) is 23.1 Å². The summed E-state index contributed by atoms with van der Waals surface area (Å²) in [6, 6.07) is 11.6. The predicted octanol–water partition coefficient (Wildman–Crippen LogP) is 6.84. The molecule has 0 aliphatic heterocycles. The third-order valence-corrected chi connectivity index (χ3v) is 6.93. The van der Waals surface area contributed by atoms with Crippen molar-refractivity contribution < 1.29 is 27.8 Å². The molecule has 0 aliphatic rings. The first kappa shape index (κ1) is 30.1. The number of halogens is 2. The molecule has 0 bridgehead atoms. The Morgan fingerprint density at radius 3 is 2.39 bits per heavy atom. The van der Waals surface area contributed by atoms with Gasteiger partial charge in [-0.3, -0.25) is 14.6 Å². The van der Waals surface area contributed by atoms with E-state index in [9.17, 15) is 18.4 Å². The Balaban J connectivity index is 1.40. The molecule has 0 saturated heterocycles. The standard InChI is InChI=1S/C33H30F2N4O5/c1-19(2)10-12-39-17-23(20-5-7-25(34)26(35)13-20)32(40)24(18-39)33(41)38-31-8-6-21(16-37-31)44-28-9-11-36-27-15-30(43-4)29(42-3)14-22(27)28/h5-9,11,13-19H,10,12H2,1-4H3,(H,37,38,41). The van der Waals surface area contributed by atoms with Gasteiger partial charge in [0, 0.05) is 42.2 Å². The average molecular weight is 601 g/mol. The molecule has 0 aliphatic carbocycles. The lowest BCUT2D eigenvalue weighted by atomic mass is 10.0. The summed E-state index contributed by atoms with van der Waals surface area (Å²) in [4.78, 5) is 35.3. The van der Waals surface area contributed by atoms with E-state index in [1.165, 1.54) is 31.6 Å². The fraction of sp³-hybridized carbons (Fsp3) is 0.212. The molecule has 3 aromatic heterocycles. The zero-order chi connectivity index (χ0) is 31.4. The normalized spacial score (nSPS) is 11.1. The van der Waals surface area contributed by atoms with Gasteiger partial charge >= 0.3 is 0 Å². The van der Waals surface area contributed by atoms with E-state index in [1.807, 2.05) is 0 Å². The highest BCUT2D eigenvalue weighted by Crippen LogP contribution is 2.36. The van der Waals surface area contributed by atoms with E-state index in [0.29, 0.717) is 46.4 Å². The summed E-state index contributed by atoms with van der Waals surface area (Å²) in [6.07, 6.45) is 6.82. The topological polar surface area (TPSA) is 105 Å². The number of carbonyl (C=O) groups excluding carboxylic acids is 1. The van der Waals surface area contributed by atoms with E-state index in [4.69, 9.17) is 14.2 Å². The van der Waals surface area contributed by atoms with Crippen LogP contribution in [0.25, 0.3) is 22.0 Å². The third-order valence-electron chi connectivity index (χ3n) is 6.93. The van der Waals surface area contributed by atoms with Crippen LogP contribution in [0.2, 0.25) is 0 Å². The van der Waals surface area contributed by atoms with E-state index < -0.39 is 23.0 Å². The van der Waals surface area contributed by atoms with Crippen LogP contribution < -0.4 is 25.0 Å². The summed E-state index contributed by atoms with van der Waals surface area (Å²) >= 11 is 0. The number of anilines is 1. The monoisotopic (exact) mass is 600 g/mol. The van der Waals surface area contributed by atoms with E-state index in [1.54, 1.807) is 48.3 Å². The zero-order valence-corrected chi connectivity index (χ0v) is 24.6. The number of rotatable bonds is 10. The van der Waals surface area contributed by atoms with Crippen LogP contribution in [-0.4, -0.2) is 34.7 Å². The lowest BCUT2D eigenvalue weighted by Crippen LogP contribution is -2.25. The maximum absolute atomic E-state index is 14.0. The second-order valence-electron chi connectivity index (χ2n) is 10.4. The molecule has 44 heavy (non-hydrogen) atoms. The average Bonchev–Trinajstić information content (AvgIpc) is 3.02. The summed E-state index contributed by atoms with van der Waals surface area (Å²) in [6.45, 7) is 4.62. The molecule has 1 amide bonds. The van der Waals surface area contributed by atoms with Crippen LogP contribution >= 0.6 is 0 Å². The van der Waals surface area contributed by atoms with Gasteiger partial charge in [-0.1, -0.05) is 19.9 Å². The van der Waals surface area contributed by atoms with Crippen molar-refractivity contribution in [3.05, 3.63) is 101 Å². The number of hydrogen-bond donors (Lipinski definition) is 1. The van der Waals surface area contributed by atoms with Crippen molar-refractivity contribution in [2.75, 3.05) is 19.5 Å². The summed E-state index contributed by atoms with van der Waals surface area (Å²) in [7, 11) is 3.08.